The molecule has 0 saturated carbocycles. The first kappa shape index (κ1) is 15.5. The van der Waals surface area contributed by atoms with Gasteiger partial charge in [0.25, 0.3) is 5.91 Å². The van der Waals surface area contributed by atoms with Gasteiger partial charge in [0.05, 0.1) is 30.1 Å². The fourth-order valence-corrected chi connectivity index (χ4v) is 3.22. The maximum Gasteiger partial charge on any atom is 0.274 e. The standard InChI is InChI=1S/C16H25N3O3/c1-10-9-12-13(11(2)22-10)17-18-14(12)15(20)19-6-5-16(3,4)21-8-7-19/h10-11H,5-9H2,1-4H3,(H,17,18)/t10-,11+/m1/s1. The molecule has 0 bridgehead atoms. The lowest BCUT2D eigenvalue weighted by Crippen LogP contribution is -2.35. The molecule has 2 aliphatic rings. The van der Waals surface area contributed by atoms with Crippen LogP contribution in [-0.2, 0) is 15.9 Å². The average Bonchev–Trinajstić information content (AvgIpc) is 2.76. The predicted octanol–water partition coefficient (Wildman–Crippen LogP) is 2.07. The minimum atomic E-state index is -0.170. The Balaban J connectivity index is 1.81. The fourth-order valence-electron chi connectivity index (χ4n) is 3.22. The van der Waals surface area contributed by atoms with E-state index in [0.29, 0.717) is 25.4 Å². The van der Waals surface area contributed by atoms with Gasteiger partial charge in [-0.2, -0.15) is 5.10 Å². The highest BCUT2D eigenvalue weighted by Crippen LogP contribution is 2.31. The van der Waals surface area contributed by atoms with Crippen molar-refractivity contribution in [3.05, 3.63) is 17.0 Å². The molecule has 0 unspecified atom stereocenters. The molecule has 122 valence electrons. The van der Waals surface area contributed by atoms with Crippen LogP contribution >= 0.6 is 0 Å². The number of aromatic amines is 1. The summed E-state index contributed by atoms with van der Waals surface area (Å²) < 4.78 is 11.6. The van der Waals surface area contributed by atoms with Gasteiger partial charge in [-0.05, 0) is 34.1 Å². The molecule has 3 heterocycles. The molecule has 1 aromatic rings. The number of fused-ring (bicyclic) bond motifs is 1. The SMILES string of the molecule is C[C@@H]1Cc2c(C(=O)N3CCOC(C)(C)CC3)n[nH]c2[C@H](C)O1. The Morgan fingerprint density at radius 3 is 2.91 bits per heavy atom. The van der Waals surface area contributed by atoms with Crippen molar-refractivity contribution in [3.8, 4) is 0 Å². The van der Waals surface area contributed by atoms with Crippen LogP contribution in [0.2, 0.25) is 0 Å². The van der Waals surface area contributed by atoms with Crippen LogP contribution in [0.1, 0.15) is 62.0 Å². The van der Waals surface area contributed by atoms with Crippen LogP contribution < -0.4 is 0 Å². The quantitative estimate of drug-likeness (QED) is 0.862. The average molecular weight is 307 g/mol. The van der Waals surface area contributed by atoms with Crippen molar-refractivity contribution in [2.45, 2.75) is 58.3 Å². The van der Waals surface area contributed by atoms with Gasteiger partial charge in [-0.25, -0.2) is 0 Å². The highest BCUT2D eigenvalue weighted by atomic mass is 16.5. The molecule has 0 spiro atoms. The summed E-state index contributed by atoms with van der Waals surface area (Å²) in [4.78, 5) is 14.7. The summed E-state index contributed by atoms with van der Waals surface area (Å²) >= 11 is 0. The van der Waals surface area contributed by atoms with Gasteiger partial charge in [-0.15, -0.1) is 0 Å². The summed E-state index contributed by atoms with van der Waals surface area (Å²) in [6.07, 6.45) is 1.63. The number of carbonyl (C=O) groups excluding carboxylic acids is 1. The maximum atomic E-state index is 12.9. The number of aromatic nitrogens is 2. The number of hydrogen-bond donors (Lipinski definition) is 1. The van der Waals surface area contributed by atoms with Gasteiger partial charge >= 0.3 is 0 Å². The van der Waals surface area contributed by atoms with Crippen LogP contribution in [0.4, 0.5) is 0 Å². The molecule has 1 saturated heterocycles. The molecular weight excluding hydrogens is 282 g/mol. The van der Waals surface area contributed by atoms with E-state index in [1.807, 2.05) is 18.7 Å². The van der Waals surface area contributed by atoms with Crippen LogP contribution in [0.25, 0.3) is 0 Å². The van der Waals surface area contributed by atoms with E-state index in [1.54, 1.807) is 0 Å². The summed E-state index contributed by atoms with van der Waals surface area (Å²) in [5.74, 6) is 0.0000926. The Labute approximate surface area is 131 Å². The zero-order valence-corrected chi connectivity index (χ0v) is 13.8. The molecule has 22 heavy (non-hydrogen) atoms. The molecule has 1 amide bonds. The van der Waals surface area contributed by atoms with Crippen LogP contribution in [0.5, 0.6) is 0 Å². The van der Waals surface area contributed by atoms with Crippen molar-refractivity contribution in [1.82, 2.24) is 15.1 Å². The number of nitrogens with zero attached hydrogens (tertiary/aromatic N) is 2. The summed E-state index contributed by atoms with van der Waals surface area (Å²) in [7, 11) is 0. The zero-order chi connectivity index (χ0) is 15.9. The van der Waals surface area contributed by atoms with Crippen molar-refractivity contribution in [2.75, 3.05) is 19.7 Å². The molecular formula is C16H25N3O3. The zero-order valence-electron chi connectivity index (χ0n) is 13.8. The maximum absolute atomic E-state index is 12.9. The fraction of sp³-hybridized carbons (Fsp3) is 0.750. The van der Waals surface area contributed by atoms with Crippen molar-refractivity contribution in [2.24, 2.45) is 0 Å². The van der Waals surface area contributed by atoms with Crippen molar-refractivity contribution in [1.29, 1.82) is 0 Å². The van der Waals surface area contributed by atoms with Crippen molar-refractivity contribution >= 4 is 5.91 Å². The van der Waals surface area contributed by atoms with Crippen LogP contribution in [0.3, 0.4) is 0 Å². The lowest BCUT2D eigenvalue weighted by Gasteiger charge is -2.26. The number of nitrogens with one attached hydrogen (secondary N) is 1. The third kappa shape index (κ3) is 2.90. The lowest BCUT2D eigenvalue weighted by atomic mass is 9.99. The Kier molecular flexibility index (Phi) is 3.99. The summed E-state index contributed by atoms with van der Waals surface area (Å²) in [6, 6.07) is 0. The first-order valence-electron chi connectivity index (χ1n) is 8.03. The van der Waals surface area contributed by atoms with E-state index in [0.717, 1.165) is 24.1 Å². The van der Waals surface area contributed by atoms with Gasteiger partial charge in [0, 0.05) is 25.1 Å². The van der Waals surface area contributed by atoms with Crippen molar-refractivity contribution < 1.29 is 14.3 Å². The van der Waals surface area contributed by atoms with Gasteiger partial charge in [-0.1, -0.05) is 0 Å². The second kappa shape index (κ2) is 5.66. The van der Waals surface area contributed by atoms with Gasteiger partial charge in [0.15, 0.2) is 5.69 Å². The van der Waals surface area contributed by atoms with E-state index in [9.17, 15) is 4.79 Å². The molecule has 6 nitrogen and oxygen atoms in total. The number of ether oxygens (including phenoxy) is 2. The summed E-state index contributed by atoms with van der Waals surface area (Å²) in [5.41, 5.74) is 2.34. The molecule has 3 rings (SSSR count). The topological polar surface area (TPSA) is 67.5 Å². The van der Waals surface area contributed by atoms with E-state index in [1.165, 1.54) is 0 Å². The predicted molar refractivity (Wildman–Crippen MR) is 81.8 cm³/mol. The lowest BCUT2D eigenvalue weighted by molar-refractivity contribution is -0.00876. The first-order chi connectivity index (χ1) is 10.4. The van der Waals surface area contributed by atoms with E-state index in [2.05, 4.69) is 24.0 Å². The Morgan fingerprint density at radius 2 is 2.14 bits per heavy atom. The van der Waals surface area contributed by atoms with E-state index < -0.39 is 0 Å². The molecule has 0 aromatic carbocycles. The van der Waals surface area contributed by atoms with E-state index in [4.69, 9.17) is 9.47 Å². The largest absolute Gasteiger partial charge is 0.374 e. The van der Waals surface area contributed by atoms with Gasteiger partial charge < -0.3 is 14.4 Å². The van der Waals surface area contributed by atoms with E-state index >= 15 is 0 Å². The number of rotatable bonds is 1. The Bertz CT molecular complexity index is 567. The molecule has 0 radical (unpaired) electrons. The number of amides is 1. The normalized spacial score (nSPS) is 28.1. The van der Waals surface area contributed by atoms with Gasteiger partial charge in [0.2, 0.25) is 0 Å². The number of carbonyl (C=O) groups is 1. The third-order valence-corrected chi connectivity index (χ3v) is 4.56. The highest BCUT2D eigenvalue weighted by Gasteiger charge is 2.33. The Morgan fingerprint density at radius 1 is 1.36 bits per heavy atom. The first-order valence-corrected chi connectivity index (χ1v) is 8.03. The van der Waals surface area contributed by atoms with Crippen LogP contribution in [-0.4, -0.2) is 52.4 Å². The molecule has 0 aliphatic carbocycles. The van der Waals surface area contributed by atoms with Gasteiger partial charge in [0.1, 0.15) is 0 Å². The van der Waals surface area contributed by atoms with E-state index in [-0.39, 0.29) is 23.7 Å². The summed E-state index contributed by atoms with van der Waals surface area (Å²) in [6.45, 7) is 10.0. The minimum Gasteiger partial charge on any atom is -0.374 e. The molecule has 1 fully saturated rings. The number of hydrogen-bond acceptors (Lipinski definition) is 4. The molecule has 2 aliphatic heterocycles. The third-order valence-electron chi connectivity index (χ3n) is 4.56. The monoisotopic (exact) mass is 307 g/mol. The molecule has 2 atom stereocenters. The Hall–Kier alpha value is -1.40. The number of H-pyrrole nitrogens is 1. The molecule has 6 heteroatoms. The highest BCUT2D eigenvalue weighted by molar-refractivity contribution is 5.94. The molecule has 1 aromatic heterocycles. The second-order valence-electron chi connectivity index (χ2n) is 6.91. The second-order valence-corrected chi connectivity index (χ2v) is 6.91. The van der Waals surface area contributed by atoms with Gasteiger partial charge in [-0.3, -0.25) is 9.89 Å². The van der Waals surface area contributed by atoms with Crippen LogP contribution in [0.15, 0.2) is 0 Å². The summed E-state index contributed by atoms with van der Waals surface area (Å²) in [5, 5.41) is 7.28. The van der Waals surface area contributed by atoms with Crippen molar-refractivity contribution in [3.63, 3.8) is 0 Å². The molecule has 1 N–H and O–H groups in total. The smallest absolute Gasteiger partial charge is 0.274 e. The van der Waals surface area contributed by atoms with Crippen LogP contribution in [0, 0.1) is 0 Å². The minimum absolute atomic E-state index is 0.0000926.